The maximum absolute atomic E-state index is 15.2. The third-order valence-corrected chi connectivity index (χ3v) is 15.7. The predicted octanol–water partition coefficient (Wildman–Crippen LogP) is 6.50. The predicted molar refractivity (Wildman–Crippen MR) is 226 cm³/mol. The average Bonchev–Trinajstić information content (AvgIpc) is 3.62. The van der Waals surface area contributed by atoms with E-state index < -0.39 is 12.4 Å². The average molecular weight is 837 g/mol. The van der Waals surface area contributed by atoms with Crippen LogP contribution in [0.1, 0.15) is 91.0 Å². The fraction of sp³-hybridized carbons (Fsp3) is 0.792. The van der Waals surface area contributed by atoms with Gasteiger partial charge in [0, 0.05) is 44.9 Å². The number of Topliss-reactive ketones (excluding diaryl/α,β-unsaturated/α-hetero) is 1. The molecule has 19 atom stereocenters. The summed E-state index contributed by atoms with van der Waals surface area (Å²) in [4.78, 5) is 34.0. The Labute approximate surface area is 358 Å². The van der Waals surface area contributed by atoms with Crippen molar-refractivity contribution in [3.8, 4) is 0 Å². The lowest BCUT2D eigenvalue weighted by molar-refractivity contribution is -0.314. The Morgan fingerprint density at radius 3 is 2.20 bits per heavy atom. The van der Waals surface area contributed by atoms with E-state index in [1.807, 2.05) is 13.8 Å². The van der Waals surface area contributed by atoms with Crippen molar-refractivity contribution in [3.63, 3.8) is 0 Å². The number of cyclic esters (lactones) is 1. The Bertz CT molecular complexity index is 1690. The van der Waals surface area contributed by atoms with E-state index in [0.717, 1.165) is 50.5 Å². The van der Waals surface area contributed by atoms with Gasteiger partial charge < -0.3 is 47.7 Å². The number of nitrogens with zero attached hydrogens (tertiary/aromatic N) is 2. The van der Waals surface area contributed by atoms with Gasteiger partial charge >= 0.3 is 5.97 Å². The number of methoxy groups -OCH3 is 3. The summed E-state index contributed by atoms with van der Waals surface area (Å²) in [7, 11) is 9.22. The SMILES string of the molecule is CC[C@H]1CCC[C@H](O[C@H]2CC[C@H](N(C)C)C(C)O2)[C@@H](C)C(=O)C2=C[C@H]3[C@@H]4C[C@H](O[C@@H]5OC(C)[C@H](OC)C(OC)[C@@H]5OC)C[C@H]4[C@H]4[C@@H]([C@H]3[C@@H]2CC(=O)O1)N4c1ccc(C)cc1. The molecule has 1 aromatic carbocycles. The van der Waals surface area contributed by atoms with Crippen molar-refractivity contribution in [2.75, 3.05) is 40.3 Å². The number of allylic oxidation sites excluding steroid dienone is 2. The van der Waals surface area contributed by atoms with Gasteiger partial charge in [0.25, 0.3) is 0 Å². The second-order valence-corrected chi connectivity index (χ2v) is 19.3. The highest BCUT2D eigenvalue weighted by molar-refractivity contribution is 5.99. The largest absolute Gasteiger partial charge is 0.462 e. The second kappa shape index (κ2) is 18.4. The van der Waals surface area contributed by atoms with Gasteiger partial charge in [-0.05, 0) is 128 Å². The molecular weight excluding hydrogens is 765 g/mol. The van der Waals surface area contributed by atoms with Crippen molar-refractivity contribution < 1.29 is 47.5 Å². The lowest BCUT2D eigenvalue weighted by Crippen LogP contribution is -2.59. The summed E-state index contributed by atoms with van der Waals surface area (Å²) < 4.78 is 50.6. The molecule has 2 saturated carbocycles. The van der Waals surface area contributed by atoms with Crippen LogP contribution in [0, 0.1) is 42.4 Å². The zero-order valence-electron chi connectivity index (χ0n) is 37.7. The molecule has 8 rings (SSSR count). The molecule has 0 bridgehead atoms. The summed E-state index contributed by atoms with van der Waals surface area (Å²) in [5.74, 6) is 0.0507. The molecule has 0 radical (unpaired) electrons. The number of carbonyl (C=O) groups excluding carboxylic acids is 2. The molecule has 60 heavy (non-hydrogen) atoms. The molecule has 0 spiro atoms. The van der Waals surface area contributed by atoms with Crippen molar-refractivity contribution >= 4 is 17.4 Å². The van der Waals surface area contributed by atoms with Crippen LogP contribution < -0.4 is 4.90 Å². The van der Waals surface area contributed by atoms with Gasteiger partial charge in [0.05, 0.1) is 42.9 Å². The minimum Gasteiger partial charge on any atom is -0.462 e. The van der Waals surface area contributed by atoms with Crippen LogP contribution in [-0.2, 0) is 47.5 Å². The van der Waals surface area contributed by atoms with Crippen LogP contribution >= 0.6 is 0 Å². The van der Waals surface area contributed by atoms with Gasteiger partial charge in [0.15, 0.2) is 18.4 Å². The van der Waals surface area contributed by atoms with E-state index in [2.05, 4.69) is 75.0 Å². The van der Waals surface area contributed by atoms with Crippen molar-refractivity contribution in [1.29, 1.82) is 0 Å². The first-order chi connectivity index (χ1) is 28.9. The highest BCUT2D eigenvalue weighted by atomic mass is 16.7. The zero-order valence-corrected chi connectivity index (χ0v) is 37.7. The standard InChI is InChI=1S/C48H72N2O10/c1-11-30-13-12-14-38(60-40-20-19-37(49(6)7)27(4)56-40)26(3)44(52)36-23-33-32-21-31(59-48-47(55-10)46(54-9)45(53-8)28(5)57-48)22-35(32)42-43(41(33)34(36)24-39(51)58-30)50(42)29-17-15-25(2)16-18-29/h15-18,23,26-28,30-35,37-38,40-43,45-48H,11-14,19-22,24H2,1-10H3/t26-,27?,28?,30+,31+,32+,33+,34-,35-,37+,38+,40+,41-,42+,43-,45+,46?,47+,48+,50?/m1/s1. The summed E-state index contributed by atoms with van der Waals surface area (Å²) in [6, 6.07) is 9.61. The number of ketones is 1. The Morgan fingerprint density at radius 2 is 1.53 bits per heavy atom. The normalized spacial score (nSPS) is 44.5. The quantitative estimate of drug-likeness (QED) is 0.190. The number of anilines is 1. The number of carbonyl (C=O) groups is 2. The Kier molecular flexibility index (Phi) is 13.5. The van der Waals surface area contributed by atoms with E-state index in [0.29, 0.717) is 18.4 Å². The minimum atomic E-state index is -0.618. The van der Waals surface area contributed by atoms with E-state index in [1.54, 1.807) is 21.3 Å². The molecule has 3 unspecified atom stereocenters. The summed E-state index contributed by atoms with van der Waals surface area (Å²) in [6.45, 7) is 10.4. The number of esters is 1. The minimum absolute atomic E-state index is 0.0252. The molecule has 12 nitrogen and oxygen atoms in total. The van der Waals surface area contributed by atoms with E-state index in [-0.39, 0.29) is 109 Å². The fourth-order valence-electron chi connectivity index (χ4n) is 12.7. The first-order valence-electron chi connectivity index (χ1n) is 23.0. The smallest absolute Gasteiger partial charge is 0.306 e. The molecule has 4 aliphatic heterocycles. The van der Waals surface area contributed by atoms with Gasteiger partial charge in [-0.3, -0.25) is 9.59 Å². The number of rotatable bonds is 10. The maximum Gasteiger partial charge on any atom is 0.306 e. The lowest BCUT2D eigenvalue weighted by Gasteiger charge is -2.44. The first kappa shape index (κ1) is 44.2. The topological polar surface area (TPSA) is 114 Å². The summed E-state index contributed by atoms with van der Waals surface area (Å²) >= 11 is 0. The maximum atomic E-state index is 15.2. The number of aryl methyl sites for hydroxylation is 1. The number of hydrogen-bond acceptors (Lipinski definition) is 12. The number of hydrogen-bond donors (Lipinski definition) is 0. The van der Waals surface area contributed by atoms with Crippen LogP contribution in [0.2, 0.25) is 0 Å². The number of ether oxygens (including phenoxy) is 8. The molecule has 0 aromatic heterocycles. The van der Waals surface area contributed by atoms with Crippen LogP contribution in [0.5, 0.6) is 0 Å². The van der Waals surface area contributed by atoms with E-state index in [9.17, 15) is 4.79 Å². The molecule has 0 amide bonds. The Hall–Kier alpha value is -2.42. The molecule has 12 heteroatoms. The zero-order chi connectivity index (χ0) is 42.6. The van der Waals surface area contributed by atoms with E-state index >= 15 is 4.79 Å². The molecule has 4 heterocycles. The van der Waals surface area contributed by atoms with Gasteiger partial charge in [-0.1, -0.05) is 37.6 Å². The van der Waals surface area contributed by atoms with E-state index in [1.165, 1.54) is 11.3 Å². The van der Waals surface area contributed by atoms with Crippen molar-refractivity contribution in [2.24, 2.45) is 35.5 Å². The third kappa shape index (κ3) is 8.38. The summed E-state index contributed by atoms with van der Waals surface area (Å²) in [6.07, 6.45) is 6.10. The molecular formula is C48H72N2O10. The molecule has 7 aliphatic rings. The lowest BCUT2D eigenvalue weighted by atomic mass is 9.66. The monoisotopic (exact) mass is 837 g/mol. The van der Waals surface area contributed by atoms with Gasteiger partial charge in [0.1, 0.15) is 24.4 Å². The number of fused-ring (bicyclic) bond motifs is 8. The first-order valence-corrected chi connectivity index (χ1v) is 23.0. The summed E-state index contributed by atoms with van der Waals surface area (Å²) in [5.41, 5.74) is 3.20. The van der Waals surface area contributed by atoms with Crippen LogP contribution in [0.3, 0.4) is 0 Å². The molecule has 4 saturated heterocycles. The van der Waals surface area contributed by atoms with Crippen LogP contribution in [0.4, 0.5) is 5.69 Å². The highest BCUT2D eigenvalue weighted by Gasteiger charge is 2.69. The molecule has 6 fully saturated rings. The van der Waals surface area contributed by atoms with Crippen molar-refractivity contribution in [1.82, 2.24) is 4.90 Å². The Morgan fingerprint density at radius 1 is 0.817 bits per heavy atom. The molecule has 334 valence electrons. The molecule has 3 aliphatic carbocycles. The van der Waals surface area contributed by atoms with E-state index in [4.69, 9.17) is 37.9 Å². The second-order valence-electron chi connectivity index (χ2n) is 19.3. The third-order valence-electron chi connectivity index (χ3n) is 15.7. The number of benzene rings is 1. The van der Waals surface area contributed by atoms with Gasteiger partial charge in [-0.25, -0.2) is 0 Å². The van der Waals surface area contributed by atoms with Crippen LogP contribution in [0.25, 0.3) is 0 Å². The number of likely N-dealkylation sites (N-methyl/N-ethyl adjacent to an activating group) is 1. The van der Waals surface area contributed by atoms with Crippen molar-refractivity contribution in [2.45, 2.75) is 172 Å². The fourth-order valence-corrected chi connectivity index (χ4v) is 12.7. The van der Waals surface area contributed by atoms with Gasteiger partial charge in [-0.2, -0.15) is 0 Å². The molecule has 0 N–H and O–H groups in total. The van der Waals surface area contributed by atoms with Gasteiger partial charge in [-0.15, -0.1) is 0 Å². The Balaban J connectivity index is 1.10. The van der Waals surface area contributed by atoms with Crippen LogP contribution in [-0.4, -0.2) is 132 Å². The highest BCUT2D eigenvalue weighted by Crippen LogP contribution is 2.65. The molecule has 1 aromatic rings. The van der Waals surface area contributed by atoms with Gasteiger partial charge in [0.2, 0.25) is 0 Å². The van der Waals surface area contributed by atoms with Crippen LogP contribution in [0.15, 0.2) is 35.9 Å². The van der Waals surface area contributed by atoms with Crippen molar-refractivity contribution in [3.05, 3.63) is 41.5 Å². The summed E-state index contributed by atoms with van der Waals surface area (Å²) in [5, 5.41) is 0.